The summed E-state index contributed by atoms with van der Waals surface area (Å²) < 4.78 is 1.07. The van der Waals surface area contributed by atoms with E-state index in [0.29, 0.717) is 17.5 Å². The Morgan fingerprint density at radius 1 is 1.22 bits per heavy atom. The van der Waals surface area contributed by atoms with Crippen molar-refractivity contribution in [3.05, 3.63) is 57.0 Å². The first-order valence-corrected chi connectivity index (χ1v) is 7.00. The molecule has 1 aromatic heterocycles. The van der Waals surface area contributed by atoms with Crippen molar-refractivity contribution in [1.82, 2.24) is 9.97 Å². The molecule has 0 aliphatic carbocycles. The van der Waals surface area contributed by atoms with Gasteiger partial charge in [0.25, 0.3) is 0 Å². The summed E-state index contributed by atoms with van der Waals surface area (Å²) in [4.78, 5) is 8.84. The van der Waals surface area contributed by atoms with Gasteiger partial charge in [-0.1, -0.05) is 59.6 Å². The zero-order valence-electron chi connectivity index (χ0n) is 10.3. The van der Waals surface area contributed by atoms with Crippen LogP contribution in [0.1, 0.15) is 36.8 Å². The summed E-state index contributed by atoms with van der Waals surface area (Å²) in [6.45, 7) is 4.20. The summed E-state index contributed by atoms with van der Waals surface area (Å²) in [6.07, 6.45) is 0.682. The third kappa shape index (κ3) is 3.30. The lowest BCUT2D eigenvalue weighted by Crippen LogP contribution is -2.02. The molecule has 2 rings (SSSR count). The molecular weight excluding hydrogens is 312 g/mol. The van der Waals surface area contributed by atoms with Crippen LogP contribution in [0.2, 0.25) is 5.15 Å². The Hall–Kier alpha value is -0.930. The highest BCUT2D eigenvalue weighted by Gasteiger charge is 2.08. The van der Waals surface area contributed by atoms with Crippen LogP contribution in [0.25, 0.3) is 0 Å². The van der Waals surface area contributed by atoms with Gasteiger partial charge in [-0.3, -0.25) is 0 Å². The lowest BCUT2D eigenvalue weighted by atomic mass is 10.1. The highest BCUT2D eigenvalue weighted by Crippen LogP contribution is 2.21. The van der Waals surface area contributed by atoms with Crippen molar-refractivity contribution in [3.63, 3.8) is 0 Å². The van der Waals surface area contributed by atoms with Crippen molar-refractivity contribution in [2.24, 2.45) is 0 Å². The van der Waals surface area contributed by atoms with Crippen LogP contribution in [0.3, 0.4) is 0 Å². The second kappa shape index (κ2) is 5.81. The van der Waals surface area contributed by atoms with Gasteiger partial charge in [-0.2, -0.15) is 0 Å². The van der Waals surface area contributed by atoms with Crippen molar-refractivity contribution in [2.45, 2.75) is 26.2 Å². The quantitative estimate of drug-likeness (QED) is 0.770. The monoisotopic (exact) mass is 324 g/mol. The molecule has 0 atom stereocenters. The summed E-state index contributed by atoms with van der Waals surface area (Å²) in [5.74, 6) is 1.11. The Balaban J connectivity index is 2.32. The van der Waals surface area contributed by atoms with Gasteiger partial charge in [0.2, 0.25) is 0 Å². The average molecular weight is 326 g/mol. The van der Waals surface area contributed by atoms with Crippen molar-refractivity contribution < 1.29 is 0 Å². The van der Waals surface area contributed by atoms with Gasteiger partial charge in [-0.25, -0.2) is 9.97 Å². The number of halogens is 2. The normalized spacial score (nSPS) is 10.9. The van der Waals surface area contributed by atoms with Gasteiger partial charge in [-0.15, -0.1) is 0 Å². The first-order valence-electron chi connectivity index (χ1n) is 5.83. The number of hydrogen-bond acceptors (Lipinski definition) is 2. The predicted octanol–water partition coefficient (Wildman–Crippen LogP) is 4.61. The fraction of sp³-hybridized carbons (Fsp3) is 0.286. The molecule has 0 amide bonds. The molecule has 18 heavy (non-hydrogen) atoms. The molecule has 4 heteroatoms. The summed E-state index contributed by atoms with van der Waals surface area (Å²) in [7, 11) is 0. The van der Waals surface area contributed by atoms with Crippen molar-refractivity contribution in [1.29, 1.82) is 0 Å². The molecule has 94 valence electrons. The van der Waals surface area contributed by atoms with Gasteiger partial charge >= 0.3 is 0 Å². The molecule has 0 unspecified atom stereocenters. The SMILES string of the molecule is CC(C)c1cc(Cl)nc(Cc2ccccc2Br)n1. The molecule has 0 bridgehead atoms. The highest BCUT2D eigenvalue weighted by atomic mass is 79.9. The topological polar surface area (TPSA) is 25.8 Å². The van der Waals surface area contributed by atoms with Crippen molar-refractivity contribution in [2.75, 3.05) is 0 Å². The summed E-state index contributed by atoms with van der Waals surface area (Å²) in [5, 5.41) is 0.510. The fourth-order valence-electron chi connectivity index (χ4n) is 1.67. The number of nitrogens with zero attached hydrogens (tertiary/aromatic N) is 2. The molecule has 0 saturated heterocycles. The maximum absolute atomic E-state index is 6.04. The number of rotatable bonds is 3. The lowest BCUT2D eigenvalue weighted by molar-refractivity contribution is 0.791. The molecule has 0 saturated carbocycles. The van der Waals surface area contributed by atoms with E-state index in [2.05, 4.69) is 45.8 Å². The molecule has 0 spiro atoms. The van der Waals surface area contributed by atoms with Gasteiger partial charge in [-0.05, 0) is 23.6 Å². The van der Waals surface area contributed by atoms with Crippen LogP contribution in [0, 0.1) is 0 Å². The van der Waals surface area contributed by atoms with E-state index in [-0.39, 0.29) is 0 Å². The van der Waals surface area contributed by atoms with E-state index >= 15 is 0 Å². The van der Waals surface area contributed by atoms with E-state index in [1.54, 1.807) is 0 Å². The first kappa shape index (κ1) is 13.5. The van der Waals surface area contributed by atoms with Crippen LogP contribution in [0.4, 0.5) is 0 Å². The third-order valence-corrected chi connectivity index (χ3v) is 3.63. The van der Waals surface area contributed by atoms with Crippen molar-refractivity contribution >= 4 is 27.5 Å². The number of benzene rings is 1. The van der Waals surface area contributed by atoms with Crippen molar-refractivity contribution in [3.8, 4) is 0 Å². The summed E-state index contributed by atoms with van der Waals surface area (Å²) >= 11 is 9.57. The molecule has 1 heterocycles. The predicted molar refractivity (Wildman–Crippen MR) is 78.1 cm³/mol. The van der Waals surface area contributed by atoms with Crippen LogP contribution >= 0.6 is 27.5 Å². The van der Waals surface area contributed by atoms with Gasteiger partial charge in [0.1, 0.15) is 11.0 Å². The van der Waals surface area contributed by atoms with E-state index in [1.165, 1.54) is 0 Å². The molecule has 1 aromatic carbocycles. The zero-order chi connectivity index (χ0) is 13.1. The highest BCUT2D eigenvalue weighted by molar-refractivity contribution is 9.10. The molecule has 2 aromatic rings. The first-order chi connectivity index (χ1) is 8.56. The van der Waals surface area contributed by atoms with Gasteiger partial charge < -0.3 is 0 Å². The van der Waals surface area contributed by atoms with Crippen LogP contribution in [0.5, 0.6) is 0 Å². The minimum Gasteiger partial charge on any atom is -0.237 e. The Labute approximate surface area is 121 Å². The van der Waals surface area contributed by atoms with Crippen LogP contribution in [-0.2, 0) is 6.42 Å². The molecule has 0 radical (unpaired) electrons. The van der Waals surface area contributed by atoms with Gasteiger partial charge in [0, 0.05) is 16.6 Å². The Morgan fingerprint density at radius 3 is 2.61 bits per heavy atom. The average Bonchev–Trinajstić information content (AvgIpc) is 2.31. The maximum atomic E-state index is 6.04. The fourth-order valence-corrected chi connectivity index (χ4v) is 2.31. The maximum Gasteiger partial charge on any atom is 0.134 e. The van der Waals surface area contributed by atoms with Crippen LogP contribution < -0.4 is 0 Å². The largest absolute Gasteiger partial charge is 0.237 e. The van der Waals surface area contributed by atoms with E-state index in [9.17, 15) is 0 Å². The van der Waals surface area contributed by atoms with E-state index < -0.39 is 0 Å². The Morgan fingerprint density at radius 2 is 1.94 bits per heavy atom. The van der Waals surface area contributed by atoms with Gasteiger partial charge in [0.05, 0.1) is 0 Å². The molecule has 2 nitrogen and oxygen atoms in total. The standard InChI is InChI=1S/C14H14BrClN2/c1-9(2)12-8-13(16)18-14(17-12)7-10-5-3-4-6-11(10)15/h3-6,8-9H,7H2,1-2H3. The van der Waals surface area contributed by atoms with Crippen LogP contribution in [-0.4, -0.2) is 9.97 Å². The second-order valence-electron chi connectivity index (χ2n) is 4.45. The second-order valence-corrected chi connectivity index (χ2v) is 5.70. The van der Waals surface area contributed by atoms with Gasteiger partial charge in [0.15, 0.2) is 0 Å². The van der Waals surface area contributed by atoms with Crippen LogP contribution in [0.15, 0.2) is 34.8 Å². The molecule has 0 aliphatic heterocycles. The number of hydrogen-bond donors (Lipinski definition) is 0. The van der Waals surface area contributed by atoms with E-state index in [4.69, 9.17) is 11.6 Å². The lowest BCUT2D eigenvalue weighted by Gasteiger charge is -2.08. The molecule has 0 aliphatic rings. The molecular formula is C14H14BrClN2. The van der Waals surface area contributed by atoms with E-state index in [1.807, 2.05) is 24.3 Å². The number of aromatic nitrogens is 2. The molecule has 0 N–H and O–H groups in total. The molecule has 0 fully saturated rings. The smallest absolute Gasteiger partial charge is 0.134 e. The Bertz CT molecular complexity index is 555. The third-order valence-electron chi connectivity index (χ3n) is 2.66. The zero-order valence-corrected chi connectivity index (χ0v) is 12.7. The Kier molecular flexibility index (Phi) is 4.36. The summed E-state index contributed by atoms with van der Waals surface area (Å²) in [5.41, 5.74) is 2.14. The van der Waals surface area contributed by atoms with E-state index in [0.717, 1.165) is 21.6 Å². The summed E-state index contributed by atoms with van der Waals surface area (Å²) in [6, 6.07) is 9.91. The minimum atomic E-state index is 0.350. The minimum absolute atomic E-state index is 0.350.